The summed E-state index contributed by atoms with van der Waals surface area (Å²) in [5, 5.41) is 16.5. The maximum absolute atomic E-state index is 4.71. The van der Waals surface area contributed by atoms with E-state index in [9.17, 15) is 0 Å². The van der Waals surface area contributed by atoms with Crippen molar-refractivity contribution in [3.8, 4) is 0 Å². The van der Waals surface area contributed by atoms with Crippen LogP contribution in [0.25, 0.3) is 0 Å². The largest absolute Gasteiger partial charge is 0.357 e. The average molecular weight is 401 g/mol. The van der Waals surface area contributed by atoms with Crippen LogP contribution >= 0.6 is 23.5 Å². The first-order valence-corrected chi connectivity index (χ1v) is 11.8. The third kappa shape index (κ3) is 8.20. The van der Waals surface area contributed by atoms with Gasteiger partial charge in [0, 0.05) is 30.8 Å². The molecular weight excluding hydrogens is 364 g/mol. The van der Waals surface area contributed by atoms with Crippen LogP contribution in [0.3, 0.4) is 0 Å². The molecule has 0 spiro atoms. The fourth-order valence-corrected chi connectivity index (χ4v) is 3.05. The summed E-state index contributed by atoms with van der Waals surface area (Å²) in [6, 6.07) is 0. The molecule has 0 saturated heterocycles. The molecule has 0 aliphatic carbocycles. The van der Waals surface area contributed by atoms with Gasteiger partial charge in [-0.2, -0.15) is 11.8 Å². The molecule has 0 radical (unpaired) electrons. The number of aromatic nitrogens is 3. The molecule has 0 amide bonds. The maximum Gasteiger partial charge on any atom is 0.191 e. The van der Waals surface area contributed by atoms with Crippen LogP contribution < -0.4 is 10.6 Å². The highest BCUT2D eigenvalue weighted by Gasteiger charge is 2.15. The lowest BCUT2D eigenvalue weighted by Crippen LogP contribution is -2.39. The molecule has 0 aromatic carbocycles. The Labute approximate surface area is 167 Å². The maximum atomic E-state index is 4.71. The molecule has 0 fully saturated rings. The molecule has 6 nitrogen and oxygen atoms in total. The molecule has 26 heavy (non-hydrogen) atoms. The molecule has 2 N–H and O–H groups in total. The van der Waals surface area contributed by atoms with Gasteiger partial charge in [0.15, 0.2) is 11.1 Å². The van der Waals surface area contributed by atoms with Gasteiger partial charge in [0.25, 0.3) is 0 Å². The number of guanidine groups is 1. The van der Waals surface area contributed by atoms with Gasteiger partial charge >= 0.3 is 0 Å². The van der Waals surface area contributed by atoms with Gasteiger partial charge in [-0.3, -0.25) is 4.99 Å². The van der Waals surface area contributed by atoms with Crippen molar-refractivity contribution in [1.82, 2.24) is 25.4 Å². The molecular formula is C18H36N6S2. The van der Waals surface area contributed by atoms with E-state index in [0.29, 0.717) is 5.92 Å². The van der Waals surface area contributed by atoms with E-state index in [1.807, 2.05) is 11.8 Å². The van der Waals surface area contributed by atoms with Crippen molar-refractivity contribution in [3.05, 3.63) is 5.82 Å². The van der Waals surface area contributed by atoms with Crippen LogP contribution in [0.2, 0.25) is 0 Å². The molecule has 0 unspecified atom stereocenters. The van der Waals surface area contributed by atoms with Gasteiger partial charge in [-0.1, -0.05) is 25.6 Å². The summed E-state index contributed by atoms with van der Waals surface area (Å²) in [5.74, 6) is 2.56. The van der Waals surface area contributed by atoms with E-state index >= 15 is 0 Å². The Balaban J connectivity index is 2.56. The lowest BCUT2D eigenvalue weighted by molar-refractivity contribution is 0.477. The van der Waals surface area contributed by atoms with Gasteiger partial charge < -0.3 is 15.2 Å². The van der Waals surface area contributed by atoms with Crippen molar-refractivity contribution in [2.24, 2.45) is 10.9 Å². The van der Waals surface area contributed by atoms with Gasteiger partial charge in [-0.05, 0) is 45.6 Å². The Morgan fingerprint density at radius 1 is 1.23 bits per heavy atom. The minimum Gasteiger partial charge on any atom is -0.357 e. The second kappa shape index (κ2) is 11.7. The summed E-state index contributed by atoms with van der Waals surface area (Å²) in [7, 11) is 0. The molecule has 8 heteroatoms. The first-order valence-electron chi connectivity index (χ1n) is 9.36. The number of nitrogens with one attached hydrogen (secondary N) is 2. The Morgan fingerprint density at radius 3 is 2.54 bits per heavy atom. The number of nitrogens with zero attached hydrogens (tertiary/aromatic N) is 4. The van der Waals surface area contributed by atoms with E-state index in [1.54, 1.807) is 11.8 Å². The first-order chi connectivity index (χ1) is 12.3. The SMILES string of the molecule is CCNC(=NCC(C)(C)SC)NCCCc1nnc(SC)n1CC(C)C. The molecule has 1 rings (SSSR count). The number of rotatable bonds is 11. The third-order valence-corrected chi connectivity index (χ3v) is 5.81. The topological polar surface area (TPSA) is 67.1 Å². The molecule has 1 heterocycles. The fourth-order valence-electron chi connectivity index (χ4n) is 2.33. The molecule has 0 atom stereocenters. The van der Waals surface area contributed by atoms with Gasteiger partial charge in [0.05, 0.1) is 6.54 Å². The van der Waals surface area contributed by atoms with E-state index in [1.165, 1.54) is 0 Å². The minimum atomic E-state index is 0.157. The van der Waals surface area contributed by atoms with Crippen LogP contribution in [0, 0.1) is 5.92 Å². The number of aliphatic imine (C=N–C) groups is 1. The summed E-state index contributed by atoms with van der Waals surface area (Å²) in [6.45, 7) is 14.5. The molecule has 0 aliphatic rings. The van der Waals surface area contributed by atoms with Crippen LogP contribution in [-0.4, -0.2) is 57.6 Å². The minimum absolute atomic E-state index is 0.157. The molecule has 1 aromatic rings. The highest BCUT2D eigenvalue weighted by atomic mass is 32.2. The van der Waals surface area contributed by atoms with Crippen LogP contribution in [-0.2, 0) is 13.0 Å². The third-order valence-electron chi connectivity index (χ3n) is 3.91. The zero-order chi connectivity index (χ0) is 19.6. The highest BCUT2D eigenvalue weighted by Crippen LogP contribution is 2.21. The molecule has 0 bridgehead atoms. The Morgan fingerprint density at radius 2 is 1.96 bits per heavy atom. The van der Waals surface area contributed by atoms with Crippen molar-refractivity contribution in [2.75, 3.05) is 32.1 Å². The molecule has 0 aliphatic heterocycles. The summed E-state index contributed by atoms with van der Waals surface area (Å²) in [6.07, 6.45) is 6.11. The van der Waals surface area contributed by atoms with Crippen LogP contribution in [0.1, 0.15) is 46.9 Å². The zero-order valence-electron chi connectivity index (χ0n) is 17.4. The lowest BCUT2D eigenvalue weighted by atomic mass is 10.2. The van der Waals surface area contributed by atoms with Crippen molar-refractivity contribution in [2.45, 2.75) is 63.9 Å². The Bertz CT molecular complexity index is 554. The zero-order valence-corrected chi connectivity index (χ0v) is 19.1. The molecule has 0 saturated carbocycles. The highest BCUT2D eigenvalue weighted by molar-refractivity contribution is 8.00. The van der Waals surface area contributed by atoms with E-state index in [2.05, 4.69) is 72.5 Å². The Kier molecular flexibility index (Phi) is 10.5. The summed E-state index contributed by atoms with van der Waals surface area (Å²) >= 11 is 3.50. The van der Waals surface area contributed by atoms with Crippen molar-refractivity contribution in [3.63, 3.8) is 0 Å². The van der Waals surface area contributed by atoms with E-state index in [-0.39, 0.29) is 4.75 Å². The normalized spacial score (nSPS) is 12.7. The smallest absolute Gasteiger partial charge is 0.191 e. The summed E-state index contributed by atoms with van der Waals surface area (Å²) in [5.41, 5.74) is 0. The van der Waals surface area contributed by atoms with Crippen LogP contribution in [0.5, 0.6) is 0 Å². The van der Waals surface area contributed by atoms with Gasteiger partial charge in [0.1, 0.15) is 5.82 Å². The lowest BCUT2D eigenvalue weighted by Gasteiger charge is -2.20. The summed E-state index contributed by atoms with van der Waals surface area (Å²) in [4.78, 5) is 4.71. The number of hydrogen-bond acceptors (Lipinski definition) is 5. The second-order valence-corrected chi connectivity index (χ2v) is 9.58. The van der Waals surface area contributed by atoms with Crippen LogP contribution in [0.15, 0.2) is 10.1 Å². The van der Waals surface area contributed by atoms with E-state index < -0.39 is 0 Å². The van der Waals surface area contributed by atoms with Gasteiger partial charge in [-0.25, -0.2) is 0 Å². The predicted octanol–water partition coefficient (Wildman–Crippen LogP) is 3.29. The standard InChI is InChI=1S/C18H36N6S2/c1-8-19-16(21-13-18(4,5)26-7)20-11-9-10-15-22-23-17(25-6)24(15)12-14(2)3/h14H,8-13H2,1-7H3,(H2,19,20,21). The molecule has 150 valence electrons. The van der Waals surface area contributed by atoms with E-state index in [4.69, 9.17) is 4.99 Å². The van der Waals surface area contributed by atoms with Gasteiger partial charge in [-0.15, -0.1) is 10.2 Å². The van der Waals surface area contributed by atoms with Crippen molar-refractivity contribution >= 4 is 29.5 Å². The van der Waals surface area contributed by atoms with Crippen molar-refractivity contribution in [1.29, 1.82) is 0 Å². The second-order valence-electron chi connectivity index (χ2n) is 7.30. The van der Waals surface area contributed by atoms with Crippen molar-refractivity contribution < 1.29 is 0 Å². The first kappa shape index (κ1) is 23.1. The number of thioether (sulfide) groups is 2. The summed E-state index contributed by atoms with van der Waals surface area (Å²) < 4.78 is 2.42. The average Bonchev–Trinajstić information content (AvgIpc) is 2.97. The molecule has 1 aromatic heterocycles. The Hall–Kier alpha value is -0.890. The monoisotopic (exact) mass is 400 g/mol. The van der Waals surface area contributed by atoms with Crippen LogP contribution in [0.4, 0.5) is 0 Å². The fraction of sp³-hybridized carbons (Fsp3) is 0.833. The number of aryl methyl sites for hydroxylation is 1. The predicted molar refractivity (Wildman–Crippen MR) is 117 cm³/mol. The number of hydrogen-bond donors (Lipinski definition) is 2. The van der Waals surface area contributed by atoms with Gasteiger partial charge in [0.2, 0.25) is 0 Å². The van der Waals surface area contributed by atoms with E-state index in [0.717, 1.165) is 56.0 Å². The quantitative estimate of drug-likeness (QED) is 0.257.